The third kappa shape index (κ3) is 3.05. The van der Waals surface area contributed by atoms with Gasteiger partial charge in [0.2, 0.25) is 0 Å². The molecule has 0 atom stereocenters. The van der Waals surface area contributed by atoms with Gasteiger partial charge in [-0.25, -0.2) is 0 Å². The molecule has 1 amide bonds. The SMILES string of the molecule is CC1(NC(=O)c2cc(N)ccc2Br)CCCCC1. The smallest absolute Gasteiger partial charge is 0.252 e. The maximum atomic E-state index is 12.3. The molecule has 0 aliphatic heterocycles. The van der Waals surface area contributed by atoms with E-state index < -0.39 is 0 Å². The number of amides is 1. The number of halogens is 1. The van der Waals surface area contributed by atoms with E-state index in [1.165, 1.54) is 19.3 Å². The van der Waals surface area contributed by atoms with E-state index in [2.05, 4.69) is 28.2 Å². The van der Waals surface area contributed by atoms with E-state index in [1.54, 1.807) is 12.1 Å². The monoisotopic (exact) mass is 310 g/mol. The Morgan fingerprint density at radius 3 is 2.67 bits per heavy atom. The van der Waals surface area contributed by atoms with Crippen molar-refractivity contribution in [1.29, 1.82) is 0 Å². The van der Waals surface area contributed by atoms with Crippen molar-refractivity contribution < 1.29 is 4.79 Å². The summed E-state index contributed by atoms with van der Waals surface area (Å²) >= 11 is 3.40. The summed E-state index contributed by atoms with van der Waals surface area (Å²) in [6.07, 6.45) is 5.76. The molecule has 0 saturated heterocycles. The number of anilines is 1. The minimum absolute atomic E-state index is 0.0430. The van der Waals surface area contributed by atoms with Crippen LogP contribution in [0.15, 0.2) is 22.7 Å². The van der Waals surface area contributed by atoms with Gasteiger partial charge in [0.05, 0.1) is 5.56 Å². The number of carbonyl (C=O) groups is 1. The number of hydrogen-bond donors (Lipinski definition) is 2. The summed E-state index contributed by atoms with van der Waals surface area (Å²) < 4.78 is 0.786. The van der Waals surface area contributed by atoms with Crippen molar-refractivity contribution in [3.8, 4) is 0 Å². The highest BCUT2D eigenvalue weighted by Crippen LogP contribution is 2.28. The van der Waals surface area contributed by atoms with Crippen molar-refractivity contribution in [2.75, 3.05) is 5.73 Å². The van der Waals surface area contributed by atoms with Gasteiger partial charge in [-0.3, -0.25) is 4.79 Å². The summed E-state index contributed by atoms with van der Waals surface area (Å²) in [7, 11) is 0. The fourth-order valence-electron chi connectivity index (χ4n) is 2.52. The number of rotatable bonds is 2. The van der Waals surface area contributed by atoms with Crippen molar-refractivity contribution in [2.45, 2.75) is 44.6 Å². The van der Waals surface area contributed by atoms with Crippen LogP contribution >= 0.6 is 15.9 Å². The molecule has 0 spiro atoms. The van der Waals surface area contributed by atoms with Crippen LogP contribution in [0.4, 0.5) is 5.69 Å². The molecule has 0 unspecified atom stereocenters. The largest absolute Gasteiger partial charge is 0.399 e. The van der Waals surface area contributed by atoms with Crippen molar-refractivity contribution in [3.05, 3.63) is 28.2 Å². The van der Waals surface area contributed by atoms with Crippen LogP contribution in [0.2, 0.25) is 0 Å². The predicted octanol–water partition coefficient (Wildman–Crippen LogP) is 3.48. The molecule has 1 fully saturated rings. The van der Waals surface area contributed by atoms with Gasteiger partial charge in [0.1, 0.15) is 0 Å². The van der Waals surface area contributed by atoms with Gasteiger partial charge in [-0.2, -0.15) is 0 Å². The lowest BCUT2D eigenvalue weighted by Gasteiger charge is -2.34. The second-order valence-corrected chi connectivity index (χ2v) is 6.17. The normalized spacial score (nSPS) is 18.3. The van der Waals surface area contributed by atoms with Crippen LogP contribution in [0.25, 0.3) is 0 Å². The maximum Gasteiger partial charge on any atom is 0.252 e. The lowest BCUT2D eigenvalue weighted by atomic mass is 9.83. The molecule has 2 rings (SSSR count). The van der Waals surface area contributed by atoms with Crippen LogP contribution in [0, 0.1) is 0 Å². The Kier molecular flexibility index (Phi) is 3.95. The lowest BCUT2D eigenvalue weighted by molar-refractivity contribution is 0.0882. The standard InChI is InChI=1S/C14H19BrN2O/c1-14(7-3-2-4-8-14)17-13(18)11-9-10(16)5-6-12(11)15/h5-6,9H,2-4,7-8,16H2,1H3,(H,17,18). The number of carbonyl (C=O) groups excluding carboxylic acids is 1. The fourth-order valence-corrected chi connectivity index (χ4v) is 2.94. The molecule has 3 N–H and O–H groups in total. The number of benzene rings is 1. The highest BCUT2D eigenvalue weighted by Gasteiger charge is 2.29. The highest BCUT2D eigenvalue weighted by atomic mass is 79.9. The van der Waals surface area contributed by atoms with Gasteiger partial charge in [-0.15, -0.1) is 0 Å². The number of nitrogens with two attached hydrogens (primary N) is 1. The average molecular weight is 311 g/mol. The summed E-state index contributed by atoms with van der Waals surface area (Å²) in [4.78, 5) is 12.3. The Morgan fingerprint density at radius 1 is 1.33 bits per heavy atom. The average Bonchev–Trinajstić information content (AvgIpc) is 2.32. The van der Waals surface area contributed by atoms with Gasteiger partial charge in [0.15, 0.2) is 0 Å². The zero-order chi connectivity index (χ0) is 13.2. The first-order chi connectivity index (χ1) is 8.50. The summed E-state index contributed by atoms with van der Waals surface area (Å²) in [6.45, 7) is 2.13. The molecular formula is C14H19BrN2O. The topological polar surface area (TPSA) is 55.1 Å². The Morgan fingerprint density at radius 2 is 2.00 bits per heavy atom. The minimum Gasteiger partial charge on any atom is -0.399 e. The van der Waals surface area contributed by atoms with E-state index in [0.717, 1.165) is 17.3 Å². The van der Waals surface area contributed by atoms with E-state index in [1.807, 2.05) is 6.07 Å². The van der Waals surface area contributed by atoms with Gasteiger partial charge in [0, 0.05) is 15.7 Å². The summed E-state index contributed by atoms with van der Waals surface area (Å²) in [6, 6.07) is 5.31. The van der Waals surface area contributed by atoms with Gasteiger partial charge < -0.3 is 11.1 Å². The van der Waals surface area contributed by atoms with Crippen LogP contribution in [0.1, 0.15) is 49.4 Å². The molecule has 1 aliphatic carbocycles. The number of nitrogen functional groups attached to an aromatic ring is 1. The first-order valence-corrected chi connectivity index (χ1v) is 7.17. The van der Waals surface area contributed by atoms with E-state index in [0.29, 0.717) is 11.3 Å². The first-order valence-electron chi connectivity index (χ1n) is 6.38. The van der Waals surface area contributed by atoms with Crippen LogP contribution in [-0.2, 0) is 0 Å². The maximum absolute atomic E-state index is 12.3. The molecule has 1 saturated carbocycles. The van der Waals surface area contributed by atoms with Crippen molar-refractivity contribution in [1.82, 2.24) is 5.32 Å². The van der Waals surface area contributed by atoms with Crippen molar-refractivity contribution >= 4 is 27.5 Å². The zero-order valence-corrected chi connectivity index (χ0v) is 12.2. The Balaban J connectivity index is 2.14. The van der Waals surface area contributed by atoms with Gasteiger partial charge in [-0.05, 0) is 53.9 Å². The predicted molar refractivity (Wildman–Crippen MR) is 77.5 cm³/mol. The third-order valence-corrected chi connectivity index (χ3v) is 4.30. The van der Waals surface area contributed by atoms with Crippen molar-refractivity contribution in [2.24, 2.45) is 0 Å². The first kappa shape index (κ1) is 13.4. The second kappa shape index (κ2) is 5.31. The Labute approximate surface area is 116 Å². The molecule has 4 heteroatoms. The van der Waals surface area contributed by atoms with E-state index in [9.17, 15) is 4.79 Å². The summed E-state index contributed by atoms with van der Waals surface area (Å²) in [5.74, 6) is -0.0430. The molecular weight excluding hydrogens is 292 g/mol. The summed E-state index contributed by atoms with van der Waals surface area (Å²) in [5.41, 5.74) is 6.88. The van der Waals surface area contributed by atoms with Crippen LogP contribution in [-0.4, -0.2) is 11.4 Å². The minimum atomic E-state index is -0.0701. The highest BCUT2D eigenvalue weighted by molar-refractivity contribution is 9.10. The van der Waals surface area contributed by atoms with Gasteiger partial charge in [-0.1, -0.05) is 19.3 Å². The number of nitrogens with one attached hydrogen (secondary N) is 1. The molecule has 1 aromatic rings. The molecule has 3 nitrogen and oxygen atoms in total. The van der Waals surface area contributed by atoms with Crippen molar-refractivity contribution in [3.63, 3.8) is 0 Å². The Bertz CT molecular complexity index is 453. The molecule has 0 aromatic heterocycles. The van der Waals surface area contributed by atoms with Gasteiger partial charge >= 0.3 is 0 Å². The second-order valence-electron chi connectivity index (χ2n) is 5.31. The fraction of sp³-hybridized carbons (Fsp3) is 0.500. The van der Waals surface area contributed by atoms with Gasteiger partial charge in [0.25, 0.3) is 5.91 Å². The number of hydrogen-bond acceptors (Lipinski definition) is 2. The quantitative estimate of drug-likeness (QED) is 0.822. The van der Waals surface area contributed by atoms with Crippen LogP contribution in [0.3, 0.4) is 0 Å². The third-order valence-electron chi connectivity index (χ3n) is 3.61. The molecule has 0 heterocycles. The zero-order valence-electron chi connectivity index (χ0n) is 10.6. The van der Waals surface area contributed by atoms with E-state index in [4.69, 9.17) is 5.73 Å². The van der Waals surface area contributed by atoms with Crippen LogP contribution < -0.4 is 11.1 Å². The molecule has 0 bridgehead atoms. The molecule has 18 heavy (non-hydrogen) atoms. The molecule has 1 aromatic carbocycles. The Hall–Kier alpha value is -1.03. The van der Waals surface area contributed by atoms with E-state index in [-0.39, 0.29) is 11.4 Å². The lowest BCUT2D eigenvalue weighted by Crippen LogP contribution is -2.47. The molecule has 0 radical (unpaired) electrons. The molecule has 1 aliphatic rings. The summed E-state index contributed by atoms with van der Waals surface area (Å²) in [5, 5.41) is 3.16. The van der Waals surface area contributed by atoms with E-state index >= 15 is 0 Å². The molecule has 98 valence electrons. The van der Waals surface area contributed by atoms with Crippen LogP contribution in [0.5, 0.6) is 0 Å².